The number of nitrogens with one attached hydrogen (secondary N) is 1. The minimum absolute atomic E-state index is 0.300. The topological polar surface area (TPSA) is 41.5 Å². The summed E-state index contributed by atoms with van der Waals surface area (Å²) in [5.41, 5.74) is 1.36. The lowest BCUT2D eigenvalue weighted by atomic mass is 10.1. The first-order valence-corrected chi connectivity index (χ1v) is 7.76. The summed E-state index contributed by atoms with van der Waals surface area (Å²) in [6.07, 6.45) is 6.43. The van der Waals surface area contributed by atoms with Crippen molar-refractivity contribution in [2.45, 2.75) is 51.5 Å². The lowest BCUT2D eigenvalue weighted by Gasteiger charge is -2.10. The van der Waals surface area contributed by atoms with Crippen LogP contribution in [0.3, 0.4) is 0 Å². The summed E-state index contributed by atoms with van der Waals surface area (Å²) in [6, 6.07) is 9.00. The van der Waals surface area contributed by atoms with Crippen LogP contribution in [0.5, 0.6) is 5.75 Å². The molecular weight excluding hydrogens is 250 g/mol. The molecule has 0 saturated carbocycles. The molecule has 0 amide bonds. The lowest BCUT2D eigenvalue weighted by Crippen LogP contribution is -2.21. The van der Waals surface area contributed by atoms with Crippen molar-refractivity contribution in [1.82, 2.24) is 5.32 Å². The van der Waals surface area contributed by atoms with Gasteiger partial charge in [-0.15, -0.1) is 0 Å². The quantitative estimate of drug-likeness (QED) is 0.611. The predicted molar refractivity (Wildman–Crippen MR) is 84.3 cm³/mol. The van der Waals surface area contributed by atoms with Crippen LogP contribution in [0.1, 0.15) is 44.6 Å². The van der Waals surface area contributed by atoms with Gasteiger partial charge in [0.25, 0.3) is 0 Å². The van der Waals surface area contributed by atoms with Gasteiger partial charge in [0.05, 0.1) is 6.61 Å². The van der Waals surface area contributed by atoms with Crippen LogP contribution in [-0.2, 0) is 6.42 Å². The Hall–Kier alpha value is -1.06. The molecule has 0 radical (unpaired) electrons. The Morgan fingerprint density at radius 3 is 2.45 bits per heavy atom. The van der Waals surface area contributed by atoms with Gasteiger partial charge >= 0.3 is 0 Å². The Kier molecular flexibility index (Phi) is 9.09. The highest BCUT2D eigenvalue weighted by Crippen LogP contribution is 2.14. The minimum Gasteiger partial charge on any atom is -0.494 e. The van der Waals surface area contributed by atoms with E-state index in [2.05, 4.69) is 36.5 Å². The molecule has 0 heterocycles. The number of unbranched alkanes of at least 4 members (excludes halogenated alkanes) is 3. The number of ether oxygens (including phenoxy) is 1. The molecule has 114 valence electrons. The van der Waals surface area contributed by atoms with Crippen molar-refractivity contribution in [3.63, 3.8) is 0 Å². The number of aliphatic hydroxyl groups excluding tert-OH is 1. The van der Waals surface area contributed by atoms with E-state index < -0.39 is 0 Å². The predicted octanol–water partition coefficient (Wildman–Crippen LogP) is 3.16. The minimum atomic E-state index is 0.300. The first-order chi connectivity index (χ1) is 9.76. The maximum atomic E-state index is 8.69. The molecule has 3 nitrogen and oxygen atoms in total. The van der Waals surface area contributed by atoms with Crippen LogP contribution in [0, 0.1) is 0 Å². The lowest BCUT2D eigenvalue weighted by molar-refractivity contribution is 0.273. The van der Waals surface area contributed by atoms with E-state index in [9.17, 15) is 0 Å². The fraction of sp³-hybridized carbons (Fsp3) is 0.647. The highest BCUT2D eigenvalue weighted by atomic mass is 16.5. The molecule has 20 heavy (non-hydrogen) atoms. The molecular formula is C17H29NO2. The van der Waals surface area contributed by atoms with Gasteiger partial charge in [-0.2, -0.15) is 0 Å². The fourth-order valence-electron chi connectivity index (χ4n) is 2.04. The normalized spacial score (nSPS) is 12.3. The third kappa shape index (κ3) is 7.51. The molecule has 0 aromatic heterocycles. The summed E-state index contributed by atoms with van der Waals surface area (Å²) in [7, 11) is 2.00. The summed E-state index contributed by atoms with van der Waals surface area (Å²) in [5, 5.41) is 11.9. The number of aryl methyl sites for hydroxylation is 1. The van der Waals surface area contributed by atoms with Crippen molar-refractivity contribution >= 4 is 0 Å². The van der Waals surface area contributed by atoms with E-state index in [1.54, 1.807) is 0 Å². The molecule has 0 aliphatic rings. The van der Waals surface area contributed by atoms with Crippen molar-refractivity contribution in [3.8, 4) is 5.75 Å². The number of aliphatic hydroxyl groups is 1. The molecule has 1 rings (SSSR count). The average molecular weight is 279 g/mol. The molecule has 0 saturated heterocycles. The largest absolute Gasteiger partial charge is 0.494 e. The monoisotopic (exact) mass is 279 g/mol. The van der Waals surface area contributed by atoms with E-state index in [1.807, 2.05) is 7.05 Å². The van der Waals surface area contributed by atoms with E-state index in [4.69, 9.17) is 9.84 Å². The summed E-state index contributed by atoms with van der Waals surface area (Å²) < 4.78 is 5.71. The maximum absolute atomic E-state index is 8.69. The number of hydrogen-bond acceptors (Lipinski definition) is 3. The van der Waals surface area contributed by atoms with Gasteiger partial charge in [-0.05, 0) is 63.8 Å². The Morgan fingerprint density at radius 1 is 1.10 bits per heavy atom. The van der Waals surface area contributed by atoms with Crippen molar-refractivity contribution in [3.05, 3.63) is 29.8 Å². The van der Waals surface area contributed by atoms with Crippen LogP contribution >= 0.6 is 0 Å². The first-order valence-electron chi connectivity index (χ1n) is 7.76. The number of rotatable bonds is 11. The molecule has 0 fully saturated rings. The Bertz CT molecular complexity index is 337. The molecule has 0 aliphatic heterocycles. The maximum Gasteiger partial charge on any atom is 0.119 e. The second-order valence-corrected chi connectivity index (χ2v) is 5.36. The second-order valence-electron chi connectivity index (χ2n) is 5.36. The van der Waals surface area contributed by atoms with Gasteiger partial charge in [0.2, 0.25) is 0 Å². The van der Waals surface area contributed by atoms with Crippen molar-refractivity contribution < 1.29 is 9.84 Å². The van der Waals surface area contributed by atoms with Gasteiger partial charge in [-0.3, -0.25) is 0 Å². The third-order valence-corrected chi connectivity index (χ3v) is 3.60. The van der Waals surface area contributed by atoms with Crippen LogP contribution in [-0.4, -0.2) is 31.4 Å². The van der Waals surface area contributed by atoms with Crippen LogP contribution < -0.4 is 10.1 Å². The molecule has 1 aromatic carbocycles. The molecule has 2 N–H and O–H groups in total. The zero-order chi connectivity index (χ0) is 14.6. The van der Waals surface area contributed by atoms with Crippen LogP contribution in [0.2, 0.25) is 0 Å². The van der Waals surface area contributed by atoms with Gasteiger partial charge < -0.3 is 15.2 Å². The summed E-state index contributed by atoms with van der Waals surface area (Å²) >= 11 is 0. The molecule has 1 unspecified atom stereocenters. The van der Waals surface area contributed by atoms with E-state index in [-0.39, 0.29) is 0 Å². The standard InChI is InChI=1S/C17H29NO2/c1-15(18-2)7-8-16-9-11-17(12-10-16)20-14-6-4-3-5-13-19/h9-12,15,18-19H,3-8,13-14H2,1-2H3. The second kappa shape index (κ2) is 10.7. The number of hydrogen-bond donors (Lipinski definition) is 2. The smallest absolute Gasteiger partial charge is 0.119 e. The summed E-state index contributed by atoms with van der Waals surface area (Å²) in [5.74, 6) is 0.956. The van der Waals surface area contributed by atoms with Crippen molar-refractivity contribution in [1.29, 1.82) is 0 Å². The SMILES string of the molecule is CNC(C)CCc1ccc(OCCCCCCO)cc1. The highest BCUT2D eigenvalue weighted by molar-refractivity contribution is 5.27. The number of benzene rings is 1. The van der Waals surface area contributed by atoms with Gasteiger partial charge in [0.1, 0.15) is 5.75 Å². The zero-order valence-electron chi connectivity index (χ0n) is 12.9. The first kappa shape index (κ1) is 17.0. The van der Waals surface area contributed by atoms with Crippen LogP contribution in [0.15, 0.2) is 24.3 Å². The third-order valence-electron chi connectivity index (χ3n) is 3.60. The van der Waals surface area contributed by atoms with Crippen LogP contribution in [0.4, 0.5) is 0 Å². The van der Waals surface area contributed by atoms with Crippen LogP contribution in [0.25, 0.3) is 0 Å². The Balaban J connectivity index is 2.18. The zero-order valence-corrected chi connectivity index (χ0v) is 12.9. The summed E-state index contributed by atoms with van der Waals surface area (Å²) in [4.78, 5) is 0. The molecule has 0 aliphatic carbocycles. The van der Waals surface area contributed by atoms with Crippen molar-refractivity contribution in [2.75, 3.05) is 20.3 Å². The highest BCUT2D eigenvalue weighted by Gasteiger charge is 2.00. The summed E-state index contributed by atoms with van der Waals surface area (Å²) in [6.45, 7) is 3.27. The van der Waals surface area contributed by atoms with Crippen molar-refractivity contribution in [2.24, 2.45) is 0 Å². The van der Waals surface area contributed by atoms with Gasteiger partial charge in [0, 0.05) is 12.6 Å². The van der Waals surface area contributed by atoms with E-state index in [1.165, 1.54) is 5.56 Å². The molecule has 1 atom stereocenters. The van der Waals surface area contributed by atoms with E-state index in [0.29, 0.717) is 12.6 Å². The molecule has 1 aromatic rings. The Labute approximate surface area is 123 Å². The van der Waals surface area contributed by atoms with E-state index >= 15 is 0 Å². The van der Waals surface area contributed by atoms with Gasteiger partial charge in [-0.1, -0.05) is 18.6 Å². The average Bonchev–Trinajstić information content (AvgIpc) is 2.49. The van der Waals surface area contributed by atoms with Gasteiger partial charge in [-0.25, -0.2) is 0 Å². The molecule has 0 bridgehead atoms. The van der Waals surface area contributed by atoms with Gasteiger partial charge in [0.15, 0.2) is 0 Å². The van der Waals surface area contributed by atoms with E-state index in [0.717, 1.165) is 50.9 Å². The molecule has 3 heteroatoms. The Morgan fingerprint density at radius 2 is 1.80 bits per heavy atom. The fourth-order valence-corrected chi connectivity index (χ4v) is 2.04. The molecule has 0 spiro atoms.